The predicted octanol–water partition coefficient (Wildman–Crippen LogP) is 2.35. The molecule has 1 aliphatic carbocycles. The molecule has 1 aliphatic heterocycles. The first kappa shape index (κ1) is 21.1. The molecular formula is C19H34N2O5. The van der Waals surface area contributed by atoms with Crippen molar-refractivity contribution in [3.8, 4) is 0 Å². The minimum atomic E-state index is -0.885. The van der Waals surface area contributed by atoms with E-state index in [9.17, 15) is 14.7 Å². The molecule has 0 radical (unpaired) electrons. The van der Waals surface area contributed by atoms with E-state index in [-0.39, 0.29) is 18.0 Å². The number of nitrogens with zero attached hydrogens (tertiary/aromatic N) is 1. The van der Waals surface area contributed by atoms with Gasteiger partial charge in [0.25, 0.3) is 0 Å². The molecule has 2 rings (SSSR count). The van der Waals surface area contributed by atoms with Gasteiger partial charge in [-0.05, 0) is 45.4 Å². The Hall–Kier alpha value is -1.18. The number of carbonyl (C=O) groups is 2. The van der Waals surface area contributed by atoms with Crippen LogP contribution in [0.5, 0.6) is 0 Å². The number of nitrogens with one attached hydrogen (secondary N) is 1. The SMILES string of the molecule is CCC[C@@H](COOCC)N[C@@H](C)C(=O)N1[C@H](C(=O)O)C[C@@H]2CCCC[C@@H]21. The van der Waals surface area contributed by atoms with E-state index < -0.39 is 18.1 Å². The Morgan fingerprint density at radius 1 is 1.23 bits per heavy atom. The molecule has 2 N–H and O–H groups in total. The first-order valence-electron chi connectivity index (χ1n) is 10.0. The summed E-state index contributed by atoms with van der Waals surface area (Å²) in [6, 6.07) is -1.06. The minimum absolute atomic E-state index is 0.00136. The second-order valence-electron chi connectivity index (χ2n) is 7.51. The van der Waals surface area contributed by atoms with Crippen molar-refractivity contribution in [2.24, 2.45) is 5.92 Å². The van der Waals surface area contributed by atoms with Crippen LogP contribution in [0, 0.1) is 5.92 Å². The van der Waals surface area contributed by atoms with Crippen LogP contribution in [0.4, 0.5) is 0 Å². The molecule has 1 heterocycles. The lowest BCUT2D eigenvalue weighted by molar-refractivity contribution is -0.294. The molecule has 2 fully saturated rings. The van der Waals surface area contributed by atoms with Crippen molar-refractivity contribution < 1.29 is 24.5 Å². The standard InChI is InChI=1S/C19H34N2O5/c1-4-8-15(12-26-25-5-2)20-13(3)18(22)21-16-10-7-6-9-14(16)11-17(21)19(23)24/h13-17,20H,4-12H2,1-3H3,(H,23,24)/t13-,14-,15-,16-,17-/m0/s1. The van der Waals surface area contributed by atoms with Crippen molar-refractivity contribution in [3.63, 3.8) is 0 Å². The monoisotopic (exact) mass is 370 g/mol. The van der Waals surface area contributed by atoms with Crippen molar-refractivity contribution >= 4 is 11.9 Å². The van der Waals surface area contributed by atoms with Gasteiger partial charge in [0.05, 0.1) is 19.3 Å². The van der Waals surface area contributed by atoms with Crippen LogP contribution in [0.25, 0.3) is 0 Å². The molecule has 7 heteroatoms. The number of rotatable bonds is 10. The molecule has 0 aromatic heterocycles. The van der Waals surface area contributed by atoms with Crippen molar-refractivity contribution in [3.05, 3.63) is 0 Å². The lowest BCUT2D eigenvalue weighted by Crippen LogP contribution is -2.55. The number of carbonyl (C=O) groups excluding carboxylic acids is 1. The van der Waals surface area contributed by atoms with Crippen LogP contribution in [0.3, 0.4) is 0 Å². The lowest BCUT2D eigenvalue weighted by atomic mass is 9.84. The van der Waals surface area contributed by atoms with E-state index in [2.05, 4.69) is 12.2 Å². The summed E-state index contributed by atoms with van der Waals surface area (Å²) in [5.41, 5.74) is 0. The largest absolute Gasteiger partial charge is 0.480 e. The van der Waals surface area contributed by atoms with E-state index in [0.29, 0.717) is 25.6 Å². The van der Waals surface area contributed by atoms with E-state index in [1.165, 1.54) is 0 Å². The molecule has 150 valence electrons. The second kappa shape index (κ2) is 10.2. The van der Waals surface area contributed by atoms with Gasteiger partial charge < -0.3 is 15.3 Å². The van der Waals surface area contributed by atoms with E-state index in [0.717, 1.165) is 38.5 Å². The Balaban J connectivity index is 2.02. The summed E-state index contributed by atoms with van der Waals surface area (Å²) in [5, 5.41) is 12.9. The molecule has 0 bridgehead atoms. The molecule has 7 nitrogen and oxygen atoms in total. The first-order chi connectivity index (χ1) is 12.5. The van der Waals surface area contributed by atoms with Gasteiger partial charge in [0.1, 0.15) is 6.04 Å². The maximum atomic E-state index is 13.1. The Morgan fingerprint density at radius 3 is 2.62 bits per heavy atom. The van der Waals surface area contributed by atoms with Crippen molar-refractivity contribution in [2.45, 2.75) is 89.9 Å². The summed E-state index contributed by atoms with van der Waals surface area (Å²) in [5.74, 6) is -0.664. The molecular weight excluding hydrogens is 336 g/mol. The van der Waals surface area contributed by atoms with Crippen LogP contribution in [-0.4, -0.2) is 59.3 Å². The topological polar surface area (TPSA) is 88.1 Å². The summed E-state index contributed by atoms with van der Waals surface area (Å²) >= 11 is 0. The van der Waals surface area contributed by atoms with Crippen molar-refractivity contribution in [1.82, 2.24) is 10.2 Å². The van der Waals surface area contributed by atoms with Gasteiger partial charge in [0, 0.05) is 12.1 Å². The summed E-state index contributed by atoms with van der Waals surface area (Å²) in [7, 11) is 0. The number of likely N-dealkylation sites (tertiary alicyclic amines) is 1. The fraction of sp³-hybridized carbons (Fsp3) is 0.895. The molecule has 0 spiro atoms. The van der Waals surface area contributed by atoms with Crippen LogP contribution in [-0.2, 0) is 19.4 Å². The summed E-state index contributed by atoms with van der Waals surface area (Å²) in [4.78, 5) is 36.6. The number of hydrogen-bond acceptors (Lipinski definition) is 5. The van der Waals surface area contributed by atoms with Crippen molar-refractivity contribution in [2.75, 3.05) is 13.2 Å². The molecule has 0 aromatic carbocycles. The zero-order chi connectivity index (χ0) is 19.1. The molecule has 5 atom stereocenters. The molecule has 1 amide bonds. The number of carboxylic acid groups (broad SMARTS) is 1. The number of aliphatic carboxylic acids is 1. The van der Waals surface area contributed by atoms with Gasteiger partial charge in [0.2, 0.25) is 5.91 Å². The maximum Gasteiger partial charge on any atom is 0.326 e. The fourth-order valence-corrected chi connectivity index (χ4v) is 4.42. The number of hydrogen-bond donors (Lipinski definition) is 2. The third-order valence-corrected chi connectivity index (χ3v) is 5.59. The van der Waals surface area contributed by atoms with E-state index in [1.807, 2.05) is 13.8 Å². The third kappa shape index (κ3) is 5.18. The molecule has 0 aromatic rings. The van der Waals surface area contributed by atoms with Gasteiger partial charge >= 0.3 is 5.97 Å². The number of fused-ring (bicyclic) bond motifs is 1. The Kier molecular flexibility index (Phi) is 8.31. The highest BCUT2D eigenvalue weighted by Gasteiger charge is 2.48. The highest BCUT2D eigenvalue weighted by atomic mass is 17.2. The number of amides is 1. The van der Waals surface area contributed by atoms with Crippen LogP contribution in [0.2, 0.25) is 0 Å². The van der Waals surface area contributed by atoms with E-state index in [4.69, 9.17) is 9.78 Å². The zero-order valence-corrected chi connectivity index (χ0v) is 16.3. The molecule has 1 saturated heterocycles. The van der Waals surface area contributed by atoms with Gasteiger partial charge in [-0.2, -0.15) is 0 Å². The molecule has 1 saturated carbocycles. The fourth-order valence-electron chi connectivity index (χ4n) is 4.42. The smallest absolute Gasteiger partial charge is 0.326 e. The van der Waals surface area contributed by atoms with Crippen LogP contribution >= 0.6 is 0 Å². The highest BCUT2D eigenvalue weighted by Crippen LogP contribution is 2.40. The Morgan fingerprint density at radius 2 is 1.96 bits per heavy atom. The second-order valence-corrected chi connectivity index (χ2v) is 7.51. The summed E-state index contributed by atoms with van der Waals surface area (Å²) in [6.07, 6.45) is 6.56. The zero-order valence-electron chi connectivity index (χ0n) is 16.3. The summed E-state index contributed by atoms with van der Waals surface area (Å²) in [6.45, 7) is 6.60. The lowest BCUT2D eigenvalue weighted by Gasteiger charge is -2.35. The normalized spacial score (nSPS) is 27.8. The van der Waals surface area contributed by atoms with E-state index >= 15 is 0 Å². The minimum Gasteiger partial charge on any atom is -0.480 e. The van der Waals surface area contributed by atoms with Gasteiger partial charge in [-0.15, -0.1) is 0 Å². The van der Waals surface area contributed by atoms with Gasteiger partial charge in [0.15, 0.2) is 0 Å². The quantitative estimate of drug-likeness (QED) is 0.349. The van der Waals surface area contributed by atoms with Crippen LogP contribution < -0.4 is 5.32 Å². The average Bonchev–Trinajstić information content (AvgIpc) is 3.01. The molecule has 0 unspecified atom stereocenters. The van der Waals surface area contributed by atoms with Crippen LogP contribution in [0.15, 0.2) is 0 Å². The van der Waals surface area contributed by atoms with Crippen molar-refractivity contribution in [1.29, 1.82) is 0 Å². The third-order valence-electron chi connectivity index (χ3n) is 5.59. The molecule has 2 aliphatic rings. The maximum absolute atomic E-state index is 13.1. The van der Waals surface area contributed by atoms with Gasteiger partial charge in [-0.3, -0.25) is 4.79 Å². The summed E-state index contributed by atoms with van der Waals surface area (Å²) < 4.78 is 0. The van der Waals surface area contributed by atoms with Gasteiger partial charge in [-0.25, -0.2) is 14.6 Å². The Bertz CT molecular complexity index is 473. The van der Waals surface area contributed by atoms with Crippen LogP contribution in [0.1, 0.15) is 65.7 Å². The van der Waals surface area contributed by atoms with Gasteiger partial charge in [-0.1, -0.05) is 26.2 Å². The Labute approximate surface area is 156 Å². The van der Waals surface area contributed by atoms with E-state index in [1.54, 1.807) is 4.90 Å². The molecule has 26 heavy (non-hydrogen) atoms. The number of carboxylic acids is 1. The average molecular weight is 370 g/mol. The first-order valence-corrected chi connectivity index (χ1v) is 10.0. The highest BCUT2D eigenvalue weighted by molar-refractivity contribution is 5.87. The predicted molar refractivity (Wildman–Crippen MR) is 97.5 cm³/mol.